The van der Waals surface area contributed by atoms with E-state index >= 15 is 0 Å². The summed E-state index contributed by atoms with van der Waals surface area (Å²) in [7, 11) is 0. The van der Waals surface area contributed by atoms with E-state index in [0.717, 1.165) is 26.2 Å². The van der Waals surface area contributed by atoms with Crippen molar-refractivity contribution in [3.8, 4) is 11.3 Å². The number of rotatable bonds is 6. The molecule has 0 radical (unpaired) electrons. The highest BCUT2D eigenvalue weighted by Gasteiger charge is 2.09. The van der Waals surface area contributed by atoms with Crippen molar-refractivity contribution in [3.05, 3.63) is 60.0 Å². The molecule has 1 heterocycles. The van der Waals surface area contributed by atoms with Crippen molar-refractivity contribution in [1.82, 2.24) is 4.98 Å². The Morgan fingerprint density at radius 2 is 1.88 bits per heavy atom. The number of thiazole rings is 1. The molecule has 0 aliphatic heterocycles. The monoisotopic (exact) mass is 372 g/mol. The Bertz CT molecular complexity index is 818. The maximum absolute atomic E-state index is 12.2. The fourth-order valence-corrected chi connectivity index (χ4v) is 4.32. The Kier molecular flexibility index (Phi) is 5.96. The van der Waals surface area contributed by atoms with Crippen molar-refractivity contribution < 1.29 is 4.79 Å². The summed E-state index contributed by atoms with van der Waals surface area (Å²) < 4.78 is 0.905. The first-order chi connectivity index (χ1) is 11.8. The van der Waals surface area contributed by atoms with Crippen LogP contribution in [-0.2, 0) is 4.79 Å². The van der Waals surface area contributed by atoms with Gasteiger partial charge in [0, 0.05) is 15.8 Å². The molecule has 0 aliphatic rings. The summed E-state index contributed by atoms with van der Waals surface area (Å²) in [6, 6.07) is 17.9. The largest absolute Gasteiger partial charge is 0.324 e. The third kappa shape index (κ3) is 4.41. The predicted molar refractivity (Wildman–Crippen MR) is 105 cm³/mol. The molecular weight excluding hydrogens is 356 g/mol. The SMILES string of the molecule is CSc1ccccc1NC(=O)CSc1nc(-c2ccccc2)cs1. The van der Waals surface area contributed by atoms with E-state index in [0.29, 0.717) is 5.75 Å². The van der Waals surface area contributed by atoms with Crippen LogP contribution in [0.5, 0.6) is 0 Å². The van der Waals surface area contributed by atoms with Crippen LogP contribution in [0.4, 0.5) is 5.69 Å². The van der Waals surface area contributed by atoms with Crippen LogP contribution in [0.25, 0.3) is 11.3 Å². The van der Waals surface area contributed by atoms with Gasteiger partial charge in [-0.1, -0.05) is 54.2 Å². The number of nitrogens with zero attached hydrogens (tertiary/aromatic N) is 1. The summed E-state index contributed by atoms with van der Waals surface area (Å²) in [4.78, 5) is 17.8. The Morgan fingerprint density at radius 1 is 1.12 bits per heavy atom. The van der Waals surface area contributed by atoms with Crippen LogP contribution >= 0.6 is 34.9 Å². The number of thioether (sulfide) groups is 2. The number of benzene rings is 2. The molecule has 0 saturated carbocycles. The standard InChI is InChI=1S/C18H16N2OS3/c1-22-16-10-6-5-9-14(16)19-17(21)12-24-18-20-15(11-23-18)13-7-3-2-4-8-13/h2-11H,12H2,1H3,(H,19,21). The van der Waals surface area contributed by atoms with E-state index in [-0.39, 0.29) is 5.91 Å². The first-order valence-corrected chi connectivity index (χ1v) is 10.4. The average Bonchev–Trinajstić information content (AvgIpc) is 3.10. The van der Waals surface area contributed by atoms with E-state index < -0.39 is 0 Å². The van der Waals surface area contributed by atoms with Crippen molar-refractivity contribution in [3.63, 3.8) is 0 Å². The lowest BCUT2D eigenvalue weighted by Crippen LogP contribution is -2.14. The zero-order valence-electron chi connectivity index (χ0n) is 13.1. The Labute approximate surface area is 153 Å². The van der Waals surface area contributed by atoms with Crippen LogP contribution in [0.3, 0.4) is 0 Å². The second-order valence-electron chi connectivity index (χ2n) is 4.90. The molecule has 0 saturated heterocycles. The molecule has 0 bridgehead atoms. The van der Waals surface area contributed by atoms with Crippen LogP contribution in [0.15, 0.2) is 69.2 Å². The molecule has 2 aromatic carbocycles. The molecule has 0 unspecified atom stereocenters. The van der Waals surface area contributed by atoms with Crippen molar-refractivity contribution in [1.29, 1.82) is 0 Å². The zero-order chi connectivity index (χ0) is 16.8. The summed E-state index contributed by atoms with van der Waals surface area (Å²) >= 11 is 4.65. The number of para-hydroxylation sites is 1. The lowest BCUT2D eigenvalue weighted by atomic mass is 10.2. The van der Waals surface area contributed by atoms with Gasteiger partial charge in [0.15, 0.2) is 4.34 Å². The van der Waals surface area contributed by atoms with E-state index in [1.165, 1.54) is 11.8 Å². The topological polar surface area (TPSA) is 42.0 Å². The second-order valence-corrected chi connectivity index (χ2v) is 7.83. The second kappa shape index (κ2) is 8.37. The lowest BCUT2D eigenvalue weighted by molar-refractivity contribution is -0.113. The summed E-state index contributed by atoms with van der Waals surface area (Å²) in [6.45, 7) is 0. The molecule has 3 aromatic rings. The summed E-state index contributed by atoms with van der Waals surface area (Å²) in [5.41, 5.74) is 2.91. The molecule has 0 atom stereocenters. The highest BCUT2D eigenvalue weighted by molar-refractivity contribution is 8.01. The van der Waals surface area contributed by atoms with Gasteiger partial charge >= 0.3 is 0 Å². The van der Waals surface area contributed by atoms with Gasteiger partial charge in [-0.3, -0.25) is 4.79 Å². The van der Waals surface area contributed by atoms with Gasteiger partial charge in [-0.2, -0.15) is 0 Å². The fraction of sp³-hybridized carbons (Fsp3) is 0.111. The van der Waals surface area contributed by atoms with Crippen molar-refractivity contribution in [2.24, 2.45) is 0 Å². The van der Waals surface area contributed by atoms with Gasteiger partial charge < -0.3 is 5.32 Å². The third-order valence-electron chi connectivity index (χ3n) is 3.26. The number of aromatic nitrogens is 1. The Balaban J connectivity index is 1.58. The summed E-state index contributed by atoms with van der Waals surface area (Å²) in [5, 5.41) is 4.99. The molecule has 122 valence electrons. The number of carbonyl (C=O) groups is 1. The number of nitrogens with one attached hydrogen (secondary N) is 1. The van der Waals surface area contributed by atoms with Gasteiger partial charge in [-0.05, 0) is 18.4 Å². The van der Waals surface area contributed by atoms with Crippen LogP contribution < -0.4 is 5.32 Å². The Morgan fingerprint density at radius 3 is 2.67 bits per heavy atom. The molecule has 3 rings (SSSR count). The maximum atomic E-state index is 12.2. The van der Waals surface area contributed by atoms with E-state index in [1.807, 2.05) is 66.2 Å². The number of amides is 1. The van der Waals surface area contributed by atoms with Gasteiger partial charge in [0.05, 0.1) is 17.1 Å². The van der Waals surface area contributed by atoms with Gasteiger partial charge in [-0.25, -0.2) is 4.98 Å². The fourth-order valence-electron chi connectivity index (χ4n) is 2.13. The van der Waals surface area contributed by atoms with Crippen LogP contribution in [-0.4, -0.2) is 22.9 Å². The minimum atomic E-state index is -0.0158. The van der Waals surface area contributed by atoms with E-state index in [4.69, 9.17) is 0 Å². The highest BCUT2D eigenvalue weighted by atomic mass is 32.2. The smallest absolute Gasteiger partial charge is 0.234 e. The molecule has 1 aromatic heterocycles. The zero-order valence-corrected chi connectivity index (χ0v) is 15.5. The number of anilines is 1. The Hall–Kier alpha value is -1.76. The molecule has 24 heavy (non-hydrogen) atoms. The minimum absolute atomic E-state index is 0.0158. The third-order valence-corrected chi connectivity index (χ3v) is 6.08. The maximum Gasteiger partial charge on any atom is 0.234 e. The van der Waals surface area contributed by atoms with Crippen LogP contribution in [0.1, 0.15) is 0 Å². The normalized spacial score (nSPS) is 10.5. The van der Waals surface area contributed by atoms with E-state index in [9.17, 15) is 4.79 Å². The molecule has 3 nitrogen and oxygen atoms in total. The summed E-state index contributed by atoms with van der Waals surface area (Å²) in [5.74, 6) is 0.336. The first kappa shape index (κ1) is 17.1. The molecular formula is C18H16N2OS3. The molecule has 6 heteroatoms. The van der Waals surface area contributed by atoms with Crippen molar-refractivity contribution >= 4 is 46.5 Å². The summed E-state index contributed by atoms with van der Waals surface area (Å²) in [6.07, 6.45) is 2.00. The molecule has 0 aliphatic carbocycles. The molecule has 1 N–H and O–H groups in total. The van der Waals surface area contributed by atoms with E-state index in [2.05, 4.69) is 10.3 Å². The quantitative estimate of drug-likeness (QED) is 0.599. The van der Waals surface area contributed by atoms with Crippen LogP contribution in [0, 0.1) is 0 Å². The van der Waals surface area contributed by atoms with Crippen LogP contribution in [0.2, 0.25) is 0 Å². The van der Waals surface area contributed by atoms with E-state index in [1.54, 1.807) is 23.1 Å². The predicted octanol–water partition coefficient (Wildman–Crippen LogP) is 5.26. The molecule has 0 fully saturated rings. The highest BCUT2D eigenvalue weighted by Crippen LogP contribution is 2.29. The van der Waals surface area contributed by atoms with Crippen molar-refractivity contribution in [2.75, 3.05) is 17.3 Å². The average molecular weight is 373 g/mol. The molecule has 0 spiro atoms. The lowest BCUT2D eigenvalue weighted by Gasteiger charge is -2.08. The van der Waals surface area contributed by atoms with Gasteiger partial charge in [0.1, 0.15) is 0 Å². The number of hydrogen-bond acceptors (Lipinski definition) is 5. The van der Waals surface area contributed by atoms with Gasteiger partial charge in [-0.15, -0.1) is 23.1 Å². The van der Waals surface area contributed by atoms with Gasteiger partial charge in [0.2, 0.25) is 5.91 Å². The number of carbonyl (C=O) groups excluding carboxylic acids is 1. The number of hydrogen-bond donors (Lipinski definition) is 1. The van der Waals surface area contributed by atoms with Crippen molar-refractivity contribution in [2.45, 2.75) is 9.24 Å². The van der Waals surface area contributed by atoms with Gasteiger partial charge in [0.25, 0.3) is 0 Å². The molecule has 1 amide bonds. The first-order valence-electron chi connectivity index (χ1n) is 7.33. The minimum Gasteiger partial charge on any atom is -0.324 e.